The van der Waals surface area contributed by atoms with Crippen LogP contribution in [0, 0.1) is 13.8 Å². The maximum atomic E-state index is 12.4. The molecule has 0 unspecified atom stereocenters. The predicted octanol–water partition coefficient (Wildman–Crippen LogP) is 3.95. The third-order valence-electron chi connectivity index (χ3n) is 3.90. The third-order valence-corrected chi connectivity index (χ3v) is 3.90. The monoisotopic (exact) mass is 285 g/mol. The minimum atomic E-state index is 0.0358. The van der Waals surface area contributed by atoms with Crippen molar-refractivity contribution in [2.24, 2.45) is 0 Å². The minimum absolute atomic E-state index is 0.0358. The lowest BCUT2D eigenvalue weighted by atomic mass is 10.1. The average Bonchev–Trinajstić information content (AvgIpc) is 2.79. The Labute approximate surface area is 126 Å². The van der Waals surface area contributed by atoms with Gasteiger partial charge in [0.15, 0.2) is 6.61 Å². The molecule has 0 atom stereocenters. The lowest BCUT2D eigenvalue weighted by Gasteiger charge is -2.10. The van der Waals surface area contributed by atoms with Crippen molar-refractivity contribution >= 4 is 5.78 Å². The average molecular weight is 285 g/mol. The molecule has 0 saturated carbocycles. The number of para-hydroxylation sites is 1. The molecule has 3 heteroatoms. The number of Topliss-reactive ketones (excluding diaryl/α,β-unsaturated/α-hetero) is 1. The van der Waals surface area contributed by atoms with Crippen LogP contribution in [0.4, 0.5) is 0 Å². The van der Waals surface area contributed by atoms with E-state index in [4.69, 9.17) is 4.74 Å². The molecule has 1 aromatic carbocycles. The zero-order valence-electron chi connectivity index (χ0n) is 13.3. The fourth-order valence-corrected chi connectivity index (χ4v) is 2.73. The summed E-state index contributed by atoms with van der Waals surface area (Å²) in [6.45, 7) is 9.15. The number of hydrogen-bond acceptors (Lipinski definition) is 2. The first-order valence-electron chi connectivity index (χ1n) is 7.49. The van der Waals surface area contributed by atoms with Gasteiger partial charge in [0.2, 0.25) is 5.78 Å². The second-order valence-electron chi connectivity index (χ2n) is 5.20. The molecule has 3 nitrogen and oxygen atoms in total. The smallest absolute Gasteiger partial charge is 0.202 e. The van der Waals surface area contributed by atoms with Crippen molar-refractivity contribution in [3.63, 3.8) is 0 Å². The zero-order chi connectivity index (χ0) is 15.4. The molecule has 0 saturated heterocycles. The molecule has 0 aliphatic carbocycles. The first-order valence-corrected chi connectivity index (χ1v) is 7.49. The number of carbonyl (C=O) groups excluding carboxylic acids is 1. The van der Waals surface area contributed by atoms with Gasteiger partial charge in [-0.3, -0.25) is 4.79 Å². The number of aryl methyl sites for hydroxylation is 2. The molecule has 0 bridgehead atoms. The van der Waals surface area contributed by atoms with Crippen LogP contribution in [0.1, 0.15) is 41.2 Å². The van der Waals surface area contributed by atoms with E-state index in [9.17, 15) is 4.79 Å². The number of ketones is 1. The van der Waals surface area contributed by atoms with Gasteiger partial charge in [-0.15, -0.1) is 0 Å². The quantitative estimate of drug-likeness (QED) is 0.753. The van der Waals surface area contributed by atoms with Gasteiger partial charge in [0.05, 0.1) is 0 Å². The lowest BCUT2D eigenvalue weighted by molar-refractivity contribution is 0.0920. The van der Waals surface area contributed by atoms with E-state index >= 15 is 0 Å². The Balaban J connectivity index is 2.12. The molecule has 0 amide bonds. The molecule has 1 heterocycles. The first kappa shape index (κ1) is 15.4. The Bertz CT molecular complexity index is 641. The lowest BCUT2D eigenvalue weighted by Crippen LogP contribution is -2.13. The minimum Gasteiger partial charge on any atom is -0.485 e. The van der Waals surface area contributed by atoms with E-state index in [2.05, 4.69) is 18.4 Å². The van der Waals surface area contributed by atoms with E-state index in [-0.39, 0.29) is 12.4 Å². The van der Waals surface area contributed by atoms with Crippen LogP contribution in [0.3, 0.4) is 0 Å². The number of carbonyl (C=O) groups is 1. The van der Waals surface area contributed by atoms with Gasteiger partial charge in [-0.25, -0.2) is 0 Å². The van der Waals surface area contributed by atoms with Crippen molar-refractivity contribution in [1.82, 2.24) is 4.57 Å². The number of hydrogen-bond donors (Lipinski definition) is 0. The van der Waals surface area contributed by atoms with E-state index in [0.717, 1.165) is 41.2 Å². The molecule has 2 aromatic rings. The standard InChI is InChI=1S/C18H23NO2/c1-5-15-9-7-8-10-18(15)21-12-17(20)16-11-13(3)19(6-2)14(16)4/h7-11H,5-6,12H2,1-4H3. The van der Waals surface area contributed by atoms with Crippen molar-refractivity contribution in [3.8, 4) is 5.75 Å². The van der Waals surface area contributed by atoms with Crippen molar-refractivity contribution in [2.75, 3.05) is 6.61 Å². The van der Waals surface area contributed by atoms with Crippen LogP contribution in [0.2, 0.25) is 0 Å². The summed E-state index contributed by atoms with van der Waals surface area (Å²) < 4.78 is 7.87. The Morgan fingerprint density at radius 3 is 2.52 bits per heavy atom. The Hall–Kier alpha value is -2.03. The SMILES string of the molecule is CCc1ccccc1OCC(=O)c1cc(C)n(CC)c1C. The van der Waals surface area contributed by atoms with E-state index in [1.807, 2.05) is 44.2 Å². The van der Waals surface area contributed by atoms with Crippen LogP contribution in [0.15, 0.2) is 30.3 Å². The van der Waals surface area contributed by atoms with Gasteiger partial charge >= 0.3 is 0 Å². The molecule has 0 aliphatic rings. The first-order chi connectivity index (χ1) is 10.1. The van der Waals surface area contributed by atoms with E-state index < -0.39 is 0 Å². The topological polar surface area (TPSA) is 31.2 Å². The maximum Gasteiger partial charge on any atom is 0.202 e. The Morgan fingerprint density at radius 2 is 1.90 bits per heavy atom. The predicted molar refractivity (Wildman–Crippen MR) is 85.2 cm³/mol. The summed E-state index contributed by atoms with van der Waals surface area (Å²) in [6.07, 6.45) is 0.898. The Kier molecular flexibility index (Phi) is 4.84. The second kappa shape index (κ2) is 6.61. The summed E-state index contributed by atoms with van der Waals surface area (Å²) in [7, 11) is 0. The van der Waals surface area contributed by atoms with E-state index in [1.54, 1.807) is 0 Å². The Morgan fingerprint density at radius 1 is 1.19 bits per heavy atom. The molecule has 1 aromatic heterocycles. The van der Waals surface area contributed by atoms with Gasteiger partial charge in [-0.2, -0.15) is 0 Å². The number of aromatic nitrogens is 1. The summed E-state index contributed by atoms with van der Waals surface area (Å²) in [5.74, 6) is 0.839. The molecular formula is C18H23NO2. The summed E-state index contributed by atoms with van der Waals surface area (Å²) in [5, 5.41) is 0. The zero-order valence-corrected chi connectivity index (χ0v) is 13.3. The van der Waals surface area contributed by atoms with Gasteiger partial charge in [-0.1, -0.05) is 25.1 Å². The molecule has 112 valence electrons. The summed E-state index contributed by atoms with van der Waals surface area (Å²) in [5.41, 5.74) is 4.03. The van der Waals surface area contributed by atoms with Crippen LogP contribution < -0.4 is 4.74 Å². The fourth-order valence-electron chi connectivity index (χ4n) is 2.73. The van der Waals surface area contributed by atoms with E-state index in [1.165, 1.54) is 0 Å². The van der Waals surface area contributed by atoms with Gasteiger partial charge in [-0.05, 0) is 44.9 Å². The second-order valence-corrected chi connectivity index (χ2v) is 5.20. The normalized spacial score (nSPS) is 10.7. The van der Waals surface area contributed by atoms with Gasteiger partial charge in [0.25, 0.3) is 0 Å². The highest BCUT2D eigenvalue weighted by atomic mass is 16.5. The highest BCUT2D eigenvalue weighted by Gasteiger charge is 2.15. The number of ether oxygens (including phenoxy) is 1. The molecule has 0 radical (unpaired) electrons. The van der Waals surface area contributed by atoms with Crippen LogP contribution in [-0.2, 0) is 13.0 Å². The van der Waals surface area contributed by atoms with Gasteiger partial charge in [0.1, 0.15) is 5.75 Å². The number of benzene rings is 1. The number of rotatable bonds is 6. The molecule has 0 aliphatic heterocycles. The van der Waals surface area contributed by atoms with Crippen molar-refractivity contribution in [1.29, 1.82) is 0 Å². The van der Waals surface area contributed by atoms with Crippen molar-refractivity contribution in [3.05, 3.63) is 52.8 Å². The highest BCUT2D eigenvalue weighted by molar-refractivity contribution is 5.98. The van der Waals surface area contributed by atoms with Crippen molar-refractivity contribution < 1.29 is 9.53 Å². The molecule has 2 rings (SSSR count). The van der Waals surface area contributed by atoms with Gasteiger partial charge in [0, 0.05) is 23.5 Å². The summed E-state index contributed by atoms with van der Waals surface area (Å²) in [6, 6.07) is 9.82. The third kappa shape index (κ3) is 3.18. The molecular weight excluding hydrogens is 262 g/mol. The van der Waals surface area contributed by atoms with Crippen LogP contribution in [0.25, 0.3) is 0 Å². The largest absolute Gasteiger partial charge is 0.485 e. The summed E-state index contributed by atoms with van der Waals surface area (Å²) in [4.78, 5) is 12.4. The van der Waals surface area contributed by atoms with E-state index in [0.29, 0.717) is 0 Å². The van der Waals surface area contributed by atoms with Gasteiger partial charge < -0.3 is 9.30 Å². The fraction of sp³-hybridized carbons (Fsp3) is 0.389. The maximum absolute atomic E-state index is 12.4. The molecule has 21 heavy (non-hydrogen) atoms. The summed E-state index contributed by atoms with van der Waals surface area (Å²) >= 11 is 0. The molecule has 0 fully saturated rings. The molecule has 0 spiro atoms. The number of nitrogens with zero attached hydrogens (tertiary/aromatic N) is 1. The molecule has 0 N–H and O–H groups in total. The van der Waals surface area contributed by atoms with Crippen LogP contribution in [-0.4, -0.2) is 17.0 Å². The van der Waals surface area contributed by atoms with Crippen molar-refractivity contribution in [2.45, 2.75) is 40.7 Å². The van der Waals surface area contributed by atoms with Crippen LogP contribution >= 0.6 is 0 Å². The highest BCUT2D eigenvalue weighted by Crippen LogP contribution is 2.20. The van der Waals surface area contributed by atoms with Crippen LogP contribution in [0.5, 0.6) is 5.75 Å².